The summed E-state index contributed by atoms with van der Waals surface area (Å²) in [6.07, 6.45) is 1.02. The van der Waals surface area contributed by atoms with Crippen LogP contribution in [0.5, 0.6) is 0 Å². The molecule has 2 heterocycles. The van der Waals surface area contributed by atoms with Crippen molar-refractivity contribution in [2.45, 2.75) is 23.4 Å². The fourth-order valence-electron chi connectivity index (χ4n) is 1.97. The summed E-state index contributed by atoms with van der Waals surface area (Å²) in [4.78, 5) is 4.57. The molecule has 1 aromatic heterocycles. The molecule has 2 aromatic rings. The zero-order chi connectivity index (χ0) is 10.3. The lowest BCUT2D eigenvalue weighted by atomic mass is 10.3. The molecule has 1 aromatic carbocycles. The highest BCUT2D eigenvalue weighted by molar-refractivity contribution is 7.99. The Morgan fingerprint density at radius 1 is 1.47 bits per heavy atom. The van der Waals surface area contributed by atoms with Crippen LogP contribution in [0.3, 0.4) is 0 Å². The SMILES string of the molecule is OCC1CCn2c(nc3ccccc32)S1. The summed E-state index contributed by atoms with van der Waals surface area (Å²) in [6, 6.07) is 8.19. The number of imidazole rings is 1. The molecule has 0 spiro atoms. The van der Waals surface area contributed by atoms with Crippen molar-refractivity contribution in [1.82, 2.24) is 9.55 Å². The van der Waals surface area contributed by atoms with E-state index < -0.39 is 0 Å². The molecule has 1 unspecified atom stereocenters. The molecular formula is C11H12N2OS. The van der Waals surface area contributed by atoms with Crippen molar-refractivity contribution in [3.8, 4) is 0 Å². The highest BCUT2D eigenvalue weighted by atomic mass is 32.2. The van der Waals surface area contributed by atoms with Gasteiger partial charge in [-0.3, -0.25) is 0 Å². The number of rotatable bonds is 1. The predicted molar refractivity (Wildman–Crippen MR) is 61.1 cm³/mol. The second kappa shape index (κ2) is 3.54. The normalized spacial score (nSPS) is 20.5. The molecular weight excluding hydrogens is 208 g/mol. The van der Waals surface area contributed by atoms with Crippen molar-refractivity contribution < 1.29 is 5.11 Å². The number of hydrogen-bond donors (Lipinski definition) is 1. The van der Waals surface area contributed by atoms with Crippen LogP contribution in [0.4, 0.5) is 0 Å². The molecule has 3 rings (SSSR count). The third-order valence-corrected chi connectivity index (χ3v) is 4.01. The Labute approximate surface area is 92.1 Å². The van der Waals surface area contributed by atoms with Gasteiger partial charge in [-0.15, -0.1) is 0 Å². The van der Waals surface area contributed by atoms with Crippen LogP contribution in [-0.2, 0) is 6.54 Å². The Morgan fingerprint density at radius 2 is 2.33 bits per heavy atom. The number of thioether (sulfide) groups is 1. The number of aryl methyl sites for hydroxylation is 1. The van der Waals surface area contributed by atoms with E-state index in [0.29, 0.717) is 5.25 Å². The zero-order valence-electron chi connectivity index (χ0n) is 8.26. The van der Waals surface area contributed by atoms with E-state index in [1.165, 1.54) is 5.52 Å². The molecule has 0 fully saturated rings. The van der Waals surface area contributed by atoms with E-state index in [2.05, 4.69) is 15.6 Å². The van der Waals surface area contributed by atoms with Crippen LogP contribution in [0.1, 0.15) is 6.42 Å². The Kier molecular flexibility index (Phi) is 2.18. The smallest absolute Gasteiger partial charge is 0.169 e. The summed E-state index contributed by atoms with van der Waals surface area (Å²) in [5.41, 5.74) is 2.26. The first-order chi connectivity index (χ1) is 7.38. The molecule has 1 N–H and O–H groups in total. The van der Waals surface area contributed by atoms with Crippen molar-refractivity contribution in [3.05, 3.63) is 24.3 Å². The van der Waals surface area contributed by atoms with Crippen LogP contribution in [0.25, 0.3) is 11.0 Å². The van der Waals surface area contributed by atoms with Crippen molar-refractivity contribution in [1.29, 1.82) is 0 Å². The third kappa shape index (κ3) is 1.44. The summed E-state index contributed by atoms with van der Waals surface area (Å²) < 4.78 is 2.24. The van der Waals surface area contributed by atoms with E-state index in [1.54, 1.807) is 11.8 Å². The second-order valence-electron chi connectivity index (χ2n) is 3.75. The van der Waals surface area contributed by atoms with E-state index in [-0.39, 0.29) is 6.61 Å². The van der Waals surface area contributed by atoms with Crippen LogP contribution in [0.2, 0.25) is 0 Å². The lowest BCUT2D eigenvalue weighted by Crippen LogP contribution is -2.18. The molecule has 0 amide bonds. The number of nitrogens with zero attached hydrogens (tertiary/aromatic N) is 2. The molecule has 15 heavy (non-hydrogen) atoms. The van der Waals surface area contributed by atoms with E-state index in [1.807, 2.05) is 18.2 Å². The quantitative estimate of drug-likeness (QED) is 0.797. The fraction of sp³-hybridized carbons (Fsp3) is 0.364. The second-order valence-corrected chi connectivity index (χ2v) is 5.01. The summed E-state index contributed by atoms with van der Waals surface area (Å²) in [7, 11) is 0. The first kappa shape index (κ1) is 9.24. The number of aliphatic hydroxyl groups is 1. The van der Waals surface area contributed by atoms with Crippen LogP contribution < -0.4 is 0 Å². The van der Waals surface area contributed by atoms with E-state index in [0.717, 1.165) is 23.6 Å². The van der Waals surface area contributed by atoms with Gasteiger partial charge in [-0.05, 0) is 18.6 Å². The number of benzene rings is 1. The fourth-order valence-corrected chi connectivity index (χ4v) is 3.03. The molecule has 1 atom stereocenters. The van der Waals surface area contributed by atoms with Gasteiger partial charge in [-0.2, -0.15) is 0 Å². The Hall–Kier alpha value is -1.00. The summed E-state index contributed by atoms with van der Waals surface area (Å²) >= 11 is 1.68. The molecule has 0 aliphatic carbocycles. The first-order valence-electron chi connectivity index (χ1n) is 5.11. The maximum atomic E-state index is 9.13. The monoisotopic (exact) mass is 220 g/mol. The maximum absolute atomic E-state index is 9.13. The summed E-state index contributed by atoms with van der Waals surface area (Å²) in [5, 5.41) is 10.5. The Bertz CT molecular complexity index is 494. The largest absolute Gasteiger partial charge is 0.395 e. The average Bonchev–Trinajstić information content (AvgIpc) is 2.66. The number of fused-ring (bicyclic) bond motifs is 3. The lowest BCUT2D eigenvalue weighted by molar-refractivity contribution is 0.284. The minimum Gasteiger partial charge on any atom is -0.395 e. The van der Waals surface area contributed by atoms with Crippen LogP contribution in [0.15, 0.2) is 29.4 Å². The average molecular weight is 220 g/mol. The number of aliphatic hydroxyl groups excluding tert-OH is 1. The van der Waals surface area contributed by atoms with Gasteiger partial charge in [0.2, 0.25) is 0 Å². The third-order valence-electron chi connectivity index (χ3n) is 2.77. The number of aromatic nitrogens is 2. The van der Waals surface area contributed by atoms with E-state index in [4.69, 9.17) is 5.11 Å². The van der Waals surface area contributed by atoms with Gasteiger partial charge in [0.15, 0.2) is 5.16 Å². The molecule has 4 heteroatoms. The first-order valence-corrected chi connectivity index (χ1v) is 5.99. The van der Waals surface area contributed by atoms with E-state index in [9.17, 15) is 0 Å². The van der Waals surface area contributed by atoms with Crippen molar-refractivity contribution in [3.63, 3.8) is 0 Å². The van der Waals surface area contributed by atoms with Gasteiger partial charge < -0.3 is 9.67 Å². The predicted octanol–water partition coefficient (Wildman–Crippen LogP) is 1.89. The van der Waals surface area contributed by atoms with Crippen molar-refractivity contribution in [2.75, 3.05) is 6.61 Å². The van der Waals surface area contributed by atoms with Crippen LogP contribution in [0, 0.1) is 0 Å². The van der Waals surface area contributed by atoms with Gasteiger partial charge in [0, 0.05) is 11.8 Å². The molecule has 0 radical (unpaired) electrons. The van der Waals surface area contributed by atoms with Crippen molar-refractivity contribution >= 4 is 22.8 Å². The molecule has 1 aliphatic rings. The molecule has 0 saturated carbocycles. The van der Waals surface area contributed by atoms with Gasteiger partial charge in [-0.1, -0.05) is 23.9 Å². The molecule has 0 saturated heterocycles. The van der Waals surface area contributed by atoms with Crippen LogP contribution >= 0.6 is 11.8 Å². The van der Waals surface area contributed by atoms with Gasteiger partial charge in [0.25, 0.3) is 0 Å². The maximum Gasteiger partial charge on any atom is 0.169 e. The summed E-state index contributed by atoms with van der Waals surface area (Å²) in [5.74, 6) is 0. The van der Waals surface area contributed by atoms with Crippen molar-refractivity contribution in [2.24, 2.45) is 0 Å². The Morgan fingerprint density at radius 3 is 3.20 bits per heavy atom. The number of para-hydroxylation sites is 2. The summed E-state index contributed by atoms with van der Waals surface area (Å²) in [6.45, 7) is 1.21. The van der Waals surface area contributed by atoms with Gasteiger partial charge in [-0.25, -0.2) is 4.98 Å². The standard InChI is InChI=1S/C11H12N2OS/c14-7-8-5-6-13-10-4-2-1-3-9(10)12-11(13)15-8/h1-4,8,14H,5-7H2. The zero-order valence-corrected chi connectivity index (χ0v) is 9.07. The molecule has 0 bridgehead atoms. The minimum absolute atomic E-state index is 0.244. The van der Waals surface area contributed by atoms with Gasteiger partial charge in [0.1, 0.15) is 0 Å². The Balaban J connectivity index is 2.12. The van der Waals surface area contributed by atoms with Gasteiger partial charge >= 0.3 is 0 Å². The highest BCUT2D eigenvalue weighted by Gasteiger charge is 2.21. The molecule has 1 aliphatic heterocycles. The van der Waals surface area contributed by atoms with E-state index >= 15 is 0 Å². The van der Waals surface area contributed by atoms with Gasteiger partial charge in [0.05, 0.1) is 17.6 Å². The number of hydrogen-bond acceptors (Lipinski definition) is 3. The topological polar surface area (TPSA) is 38.0 Å². The highest BCUT2D eigenvalue weighted by Crippen LogP contribution is 2.33. The van der Waals surface area contributed by atoms with Crippen LogP contribution in [-0.4, -0.2) is 26.5 Å². The molecule has 78 valence electrons. The minimum atomic E-state index is 0.244. The molecule has 3 nitrogen and oxygen atoms in total. The lowest BCUT2D eigenvalue weighted by Gasteiger charge is -2.20.